The average molecular weight is 350 g/mol. The smallest absolute Gasteiger partial charge is 0.322 e. The van der Waals surface area contributed by atoms with Gasteiger partial charge in [-0.1, -0.05) is 19.9 Å². The van der Waals surface area contributed by atoms with E-state index in [0.29, 0.717) is 4.47 Å². The fourth-order valence-corrected chi connectivity index (χ4v) is 3.90. The summed E-state index contributed by atoms with van der Waals surface area (Å²) in [5.74, 6) is -1.54. The maximum Gasteiger partial charge on any atom is 0.322 e. The molecule has 0 heterocycles. The first kappa shape index (κ1) is 16.1. The molecular weight excluding hydrogens is 334 g/mol. The minimum absolute atomic E-state index is 0.0411. The quantitative estimate of drug-likeness (QED) is 0.852. The van der Waals surface area contributed by atoms with Gasteiger partial charge in [0.05, 0.1) is 4.90 Å². The van der Waals surface area contributed by atoms with Crippen molar-refractivity contribution in [3.05, 3.63) is 28.2 Å². The number of benzene rings is 1. The van der Waals surface area contributed by atoms with Crippen molar-refractivity contribution >= 4 is 31.9 Å². The van der Waals surface area contributed by atoms with E-state index in [1.54, 1.807) is 32.9 Å². The van der Waals surface area contributed by atoms with Crippen LogP contribution in [0.4, 0.5) is 0 Å². The lowest BCUT2D eigenvalue weighted by Gasteiger charge is -2.18. The molecule has 0 spiro atoms. The number of carbonyl (C=O) groups is 1. The molecule has 0 aliphatic carbocycles. The van der Waals surface area contributed by atoms with Crippen molar-refractivity contribution in [2.24, 2.45) is 5.92 Å². The van der Waals surface area contributed by atoms with Crippen LogP contribution in [-0.2, 0) is 14.8 Å². The van der Waals surface area contributed by atoms with E-state index in [9.17, 15) is 13.2 Å². The summed E-state index contributed by atoms with van der Waals surface area (Å²) in [5, 5.41) is 9.04. The summed E-state index contributed by atoms with van der Waals surface area (Å²) in [6.45, 7) is 5.06. The maximum atomic E-state index is 12.2. The van der Waals surface area contributed by atoms with Gasteiger partial charge in [0, 0.05) is 4.47 Å². The molecule has 0 radical (unpaired) electrons. The van der Waals surface area contributed by atoms with Gasteiger partial charge in [0.25, 0.3) is 0 Å². The third-order valence-electron chi connectivity index (χ3n) is 2.59. The minimum Gasteiger partial charge on any atom is -0.480 e. The zero-order valence-electron chi connectivity index (χ0n) is 10.8. The summed E-state index contributed by atoms with van der Waals surface area (Å²) in [4.78, 5) is 11.1. The molecule has 2 N–H and O–H groups in total. The first-order valence-electron chi connectivity index (χ1n) is 5.66. The number of aliphatic carboxylic acids is 1. The number of aryl methyl sites for hydroxylation is 1. The normalized spacial score (nSPS) is 13.5. The van der Waals surface area contributed by atoms with E-state index in [0.717, 1.165) is 5.56 Å². The second-order valence-electron chi connectivity index (χ2n) is 4.62. The van der Waals surface area contributed by atoms with E-state index < -0.39 is 22.0 Å². The SMILES string of the molecule is Cc1ccc(Br)c(S(=O)(=O)NC(C(=O)O)C(C)C)c1. The molecule has 0 bridgehead atoms. The average Bonchev–Trinajstić information content (AvgIpc) is 2.28. The molecule has 1 rings (SSSR count). The van der Waals surface area contributed by atoms with Gasteiger partial charge in [0.2, 0.25) is 10.0 Å². The Morgan fingerprint density at radius 3 is 2.42 bits per heavy atom. The number of hydrogen-bond donors (Lipinski definition) is 2. The predicted molar refractivity (Wildman–Crippen MR) is 75.5 cm³/mol. The highest BCUT2D eigenvalue weighted by molar-refractivity contribution is 9.10. The first-order valence-corrected chi connectivity index (χ1v) is 7.94. The minimum atomic E-state index is -3.88. The molecule has 7 heteroatoms. The Labute approximate surface area is 121 Å². The zero-order chi connectivity index (χ0) is 14.8. The molecule has 0 aliphatic rings. The van der Waals surface area contributed by atoms with Crippen molar-refractivity contribution in [2.45, 2.75) is 31.7 Å². The molecule has 1 atom stereocenters. The number of carboxylic acids is 1. The Morgan fingerprint density at radius 2 is 1.95 bits per heavy atom. The van der Waals surface area contributed by atoms with Crippen LogP contribution in [0.1, 0.15) is 19.4 Å². The van der Waals surface area contributed by atoms with Crippen molar-refractivity contribution < 1.29 is 18.3 Å². The van der Waals surface area contributed by atoms with Crippen LogP contribution in [0.5, 0.6) is 0 Å². The largest absolute Gasteiger partial charge is 0.480 e. The van der Waals surface area contributed by atoms with E-state index in [1.807, 2.05) is 0 Å². The second kappa shape index (κ2) is 6.02. The van der Waals surface area contributed by atoms with Crippen LogP contribution < -0.4 is 4.72 Å². The molecule has 0 fully saturated rings. The van der Waals surface area contributed by atoms with E-state index in [2.05, 4.69) is 20.7 Å². The van der Waals surface area contributed by atoms with E-state index in [-0.39, 0.29) is 10.8 Å². The van der Waals surface area contributed by atoms with Crippen LogP contribution in [-0.4, -0.2) is 25.5 Å². The molecule has 5 nitrogen and oxygen atoms in total. The lowest BCUT2D eigenvalue weighted by molar-refractivity contribution is -0.140. The van der Waals surface area contributed by atoms with E-state index in [1.165, 1.54) is 6.07 Å². The molecule has 0 aliphatic heterocycles. The van der Waals surface area contributed by atoms with Crippen molar-refractivity contribution in [1.29, 1.82) is 0 Å². The molecule has 0 saturated carbocycles. The molecule has 1 unspecified atom stereocenters. The van der Waals surface area contributed by atoms with Gasteiger partial charge >= 0.3 is 5.97 Å². The third kappa shape index (κ3) is 4.02. The Bertz CT molecular complexity index is 583. The van der Waals surface area contributed by atoms with Gasteiger partial charge in [0.1, 0.15) is 6.04 Å². The van der Waals surface area contributed by atoms with Crippen molar-refractivity contribution in [2.75, 3.05) is 0 Å². The fraction of sp³-hybridized carbons (Fsp3) is 0.417. The van der Waals surface area contributed by atoms with Crippen molar-refractivity contribution in [3.8, 4) is 0 Å². The van der Waals surface area contributed by atoms with E-state index >= 15 is 0 Å². The van der Waals surface area contributed by atoms with Crippen LogP contribution in [0.2, 0.25) is 0 Å². The van der Waals surface area contributed by atoms with E-state index in [4.69, 9.17) is 5.11 Å². The summed E-state index contributed by atoms with van der Waals surface area (Å²) in [6, 6.07) is 3.72. The second-order valence-corrected chi connectivity index (χ2v) is 7.15. The Kier molecular flexibility index (Phi) is 5.11. The van der Waals surface area contributed by atoms with Gasteiger partial charge in [-0.3, -0.25) is 4.79 Å². The first-order chi connectivity index (χ1) is 8.65. The van der Waals surface area contributed by atoms with Crippen LogP contribution in [0.15, 0.2) is 27.6 Å². The van der Waals surface area contributed by atoms with Crippen molar-refractivity contribution in [3.63, 3.8) is 0 Å². The highest BCUT2D eigenvalue weighted by Crippen LogP contribution is 2.23. The topological polar surface area (TPSA) is 83.5 Å². The summed E-state index contributed by atoms with van der Waals surface area (Å²) >= 11 is 3.16. The molecule has 1 aromatic rings. The van der Waals surface area contributed by atoms with Gasteiger partial charge < -0.3 is 5.11 Å². The number of halogens is 1. The number of rotatable bonds is 5. The summed E-state index contributed by atoms with van der Waals surface area (Å²) in [6.07, 6.45) is 0. The molecular formula is C12H16BrNO4S. The Balaban J connectivity index is 3.17. The maximum absolute atomic E-state index is 12.2. The number of carboxylic acid groups (broad SMARTS) is 1. The van der Waals surface area contributed by atoms with Crippen LogP contribution in [0, 0.1) is 12.8 Å². The molecule has 0 amide bonds. The monoisotopic (exact) mass is 349 g/mol. The Hall–Kier alpha value is -0.920. The lowest BCUT2D eigenvalue weighted by Crippen LogP contribution is -2.44. The van der Waals surface area contributed by atoms with Crippen LogP contribution in [0.3, 0.4) is 0 Å². The predicted octanol–water partition coefficient (Wildman–Crippen LogP) is 2.15. The highest BCUT2D eigenvalue weighted by atomic mass is 79.9. The molecule has 1 aromatic carbocycles. The third-order valence-corrected chi connectivity index (χ3v) is 5.03. The van der Waals surface area contributed by atoms with Gasteiger partial charge in [-0.2, -0.15) is 4.72 Å². The number of hydrogen-bond acceptors (Lipinski definition) is 3. The molecule has 0 aromatic heterocycles. The van der Waals surface area contributed by atoms with Gasteiger partial charge in [-0.05, 0) is 46.5 Å². The molecule has 0 saturated heterocycles. The summed E-state index contributed by atoms with van der Waals surface area (Å²) < 4.78 is 27.1. The number of nitrogens with one attached hydrogen (secondary N) is 1. The summed E-state index contributed by atoms with van der Waals surface area (Å²) in [5.41, 5.74) is 0.778. The number of sulfonamides is 1. The van der Waals surface area contributed by atoms with Crippen LogP contribution >= 0.6 is 15.9 Å². The molecule has 19 heavy (non-hydrogen) atoms. The Morgan fingerprint density at radius 1 is 1.37 bits per heavy atom. The van der Waals surface area contributed by atoms with Gasteiger partial charge in [-0.25, -0.2) is 8.42 Å². The fourth-order valence-electron chi connectivity index (χ4n) is 1.52. The zero-order valence-corrected chi connectivity index (χ0v) is 13.2. The highest BCUT2D eigenvalue weighted by Gasteiger charge is 2.29. The summed E-state index contributed by atoms with van der Waals surface area (Å²) in [7, 11) is -3.88. The van der Waals surface area contributed by atoms with Gasteiger partial charge in [-0.15, -0.1) is 0 Å². The van der Waals surface area contributed by atoms with Crippen molar-refractivity contribution in [1.82, 2.24) is 4.72 Å². The van der Waals surface area contributed by atoms with Gasteiger partial charge in [0.15, 0.2) is 0 Å². The van der Waals surface area contributed by atoms with Crippen LogP contribution in [0.25, 0.3) is 0 Å². The standard InChI is InChI=1S/C12H16BrNO4S/c1-7(2)11(12(15)16)14-19(17,18)10-6-8(3)4-5-9(10)13/h4-7,11,14H,1-3H3,(H,15,16). The lowest BCUT2D eigenvalue weighted by atomic mass is 10.1. The molecule has 106 valence electrons.